The van der Waals surface area contributed by atoms with Crippen LogP contribution in [0.5, 0.6) is 0 Å². The van der Waals surface area contributed by atoms with Gasteiger partial charge in [0.05, 0.1) is 0 Å². The minimum absolute atomic E-state index is 0.685. The number of hydrogen-bond donors (Lipinski definition) is 0. The highest BCUT2D eigenvalue weighted by molar-refractivity contribution is 5.63. The van der Waals surface area contributed by atoms with Gasteiger partial charge in [-0.05, 0) is 53.9 Å². The van der Waals surface area contributed by atoms with E-state index < -0.39 is 11.6 Å². The molecule has 0 amide bonds. The fourth-order valence-corrected chi connectivity index (χ4v) is 4.98. The van der Waals surface area contributed by atoms with Crippen LogP contribution in [-0.2, 0) is 0 Å². The molecule has 28 heavy (non-hydrogen) atoms. The van der Waals surface area contributed by atoms with Crippen LogP contribution in [0.3, 0.4) is 0 Å². The van der Waals surface area contributed by atoms with Gasteiger partial charge in [0.1, 0.15) is 0 Å². The van der Waals surface area contributed by atoms with Crippen molar-refractivity contribution in [2.45, 2.75) is 71.1 Å². The molecule has 0 spiro atoms. The van der Waals surface area contributed by atoms with Crippen molar-refractivity contribution in [3.05, 3.63) is 60.2 Å². The molecule has 2 heteroatoms. The van der Waals surface area contributed by atoms with E-state index in [2.05, 4.69) is 6.92 Å². The van der Waals surface area contributed by atoms with Gasteiger partial charge in [0.2, 0.25) is 0 Å². The van der Waals surface area contributed by atoms with Gasteiger partial charge in [-0.1, -0.05) is 94.7 Å². The molecule has 0 atom stereocenters. The van der Waals surface area contributed by atoms with Crippen molar-refractivity contribution in [2.24, 2.45) is 17.8 Å². The maximum atomic E-state index is 12.9. The first-order chi connectivity index (χ1) is 13.7. The molecule has 0 unspecified atom stereocenters. The molecule has 2 saturated carbocycles. The molecule has 2 aliphatic carbocycles. The second-order valence-corrected chi connectivity index (χ2v) is 8.58. The summed E-state index contributed by atoms with van der Waals surface area (Å²) in [5.74, 6) is 1.70. The van der Waals surface area contributed by atoms with Gasteiger partial charge >= 0.3 is 0 Å². The zero-order valence-corrected chi connectivity index (χ0v) is 17.2. The summed E-state index contributed by atoms with van der Waals surface area (Å²) in [5.41, 5.74) is 1.57. The second-order valence-electron chi connectivity index (χ2n) is 8.58. The Bertz CT molecular complexity index is 696. The van der Waals surface area contributed by atoms with Gasteiger partial charge in [-0.2, -0.15) is 0 Å². The highest BCUT2D eigenvalue weighted by atomic mass is 19.2. The summed E-state index contributed by atoms with van der Waals surface area (Å²) < 4.78 is 25.5. The number of halogens is 2. The van der Waals surface area contributed by atoms with Crippen LogP contribution >= 0.6 is 0 Å². The average molecular weight is 385 g/mol. The quantitative estimate of drug-likeness (QED) is 0.498. The third-order valence-electron chi connectivity index (χ3n) is 6.81. The molecular formula is C26H34F2. The topological polar surface area (TPSA) is 0 Å². The Labute approximate surface area is 169 Å². The van der Waals surface area contributed by atoms with Gasteiger partial charge in [0.25, 0.3) is 0 Å². The first-order valence-electron chi connectivity index (χ1n) is 11.2. The Morgan fingerprint density at radius 1 is 0.679 bits per heavy atom. The molecule has 4 rings (SSSR count). The lowest BCUT2D eigenvalue weighted by molar-refractivity contribution is 0.165. The van der Waals surface area contributed by atoms with Crippen molar-refractivity contribution in [2.75, 3.05) is 0 Å². The molecule has 0 N–H and O–H groups in total. The summed E-state index contributed by atoms with van der Waals surface area (Å²) in [7, 11) is 0. The smallest absolute Gasteiger partial charge is 0.159 e. The first kappa shape index (κ1) is 21.0. The Morgan fingerprint density at radius 2 is 1.32 bits per heavy atom. The van der Waals surface area contributed by atoms with E-state index in [4.69, 9.17) is 0 Å². The summed E-state index contributed by atoms with van der Waals surface area (Å²) in [6.07, 6.45) is 15.3. The lowest BCUT2D eigenvalue weighted by atomic mass is 9.71. The first-order valence-corrected chi connectivity index (χ1v) is 11.2. The summed E-state index contributed by atoms with van der Waals surface area (Å²) >= 11 is 0. The number of rotatable bonds is 3. The monoisotopic (exact) mass is 384 g/mol. The van der Waals surface area contributed by atoms with Crippen LogP contribution < -0.4 is 0 Å². The normalized spacial score (nSPS) is 23.0. The molecule has 0 nitrogen and oxygen atoms in total. The van der Waals surface area contributed by atoms with E-state index in [1.165, 1.54) is 44.6 Å². The Morgan fingerprint density at radius 3 is 1.93 bits per heavy atom. The van der Waals surface area contributed by atoms with Crippen molar-refractivity contribution in [1.29, 1.82) is 0 Å². The number of hydrogen-bond acceptors (Lipinski definition) is 0. The molecule has 0 saturated heterocycles. The molecule has 2 aliphatic rings. The third-order valence-corrected chi connectivity index (χ3v) is 6.81. The lowest BCUT2D eigenvalue weighted by Crippen LogP contribution is -2.23. The van der Waals surface area contributed by atoms with Crippen LogP contribution in [0.4, 0.5) is 8.78 Å². The largest absolute Gasteiger partial charge is 0.204 e. The summed E-state index contributed by atoms with van der Waals surface area (Å²) in [6.45, 7) is 2.37. The van der Waals surface area contributed by atoms with Crippen molar-refractivity contribution >= 4 is 0 Å². The fourth-order valence-electron chi connectivity index (χ4n) is 4.98. The van der Waals surface area contributed by atoms with Crippen molar-refractivity contribution in [3.63, 3.8) is 0 Å². The van der Waals surface area contributed by atoms with E-state index in [-0.39, 0.29) is 0 Å². The lowest BCUT2D eigenvalue weighted by Gasteiger charge is -2.35. The molecule has 2 aromatic carbocycles. The SMILES string of the molecule is CCC1CCC(C2CCCCC2)CC1.Fc1ccc(-c2ccccc2)cc1F. The Balaban J connectivity index is 0.000000161. The average Bonchev–Trinajstić information content (AvgIpc) is 2.77. The van der Waals surface area contributed by atoms with Crippen LogP contribution in [0.25, 0.3) is 11.1 Å². The van der Waals surface area contributed by atoms with E-state index >= 15 is 0 Å². The van der Waals surface area contributed by atoms with E-state index in [0.29, 0.717) is 5.56 Å². The van der Waals surface area contributed by atoms with Crippen LogP contribution in [0, 0.1) is 29.4 Å². The second kappa shape index (κ2) is 10.7. The molecular weight excluding hydrogens is 350 g/mol. The standard InChI is InChI=1S/C14H26.C12H8F2/c1-2-12-8-10-14(11-9-12)13-6-4-3-5-7-13;13-11-7-6-10(8-12(11)14)9-4-2-1-3-5-9/h12-14H,2-11H2,1H3;1-8H. The van der Waals surface area contributed by atoms with Gasteiger partial charge in [0.15, 0.2) is 11.6 Å². The van der Waals surface area contributed by atoms with Crippen LogP contribution in [0.2, 0.25) is 0 Å². The van der Waals surface area contributed by atoms with Gasteiger partial charge in [-0.15, -0.1) is 0 Å². The summed E-state index contributed by atoms with van der Waals surface area (Å²) in [6, 6.07) is 13.2. The minimum Gasteiger partial charge on any atom is -0.204 e. The molecule has 0 radical (unpaired) electrons. The van der Waals surface area contributed by atoms with Crippen LogP contribution in [0.1, 0.15) is 71.1 Å². The van der Waals surface area contributed by atoms with Crippen LogP contribution in [0.15, 0.2) is 48.5 Å². The van der Waals surface area contributed by atoms with Crippen LogP contribution in [-0.4, -0.2) is 0 Å². The van der Waals surface area contributed by atoms with Gasteiger partial charge in [-0.25, -0.2) is 8.78 Å². The predicted molar refractivity (Wildman–Crippen MR) is 114 cm³/mol. The fraction of sp³-hybridized carbons (Fsp3) is 0.538. The highest BCUT2D eigenvalue weighted by Gasteiger charge is 2.27. The van der Waals surface area contributed by atoms with E-state index in [9.17, 15) is 8.78 Å². The Kier molecular flexibility index (Phi) is 8.06. The molecule has 0 bridgehead atoms. The minimum atomic E-state index is -0.815. The zero-order valence-electron chi connectivity index (χ0n) is 17.2. The van der Waals surface area contributed by atoms with Gasteiger partial charge in [-0.3, -0.25) is 0 Å². The number of benzene rings is 2. The molecule has 152 valence electrons. The van der Waals surface area contributed by atoms with Crippen molar-refractivity contribution < 1.29 is 8.78 Å². The molecule has 0 heterocycles. The zero-order chi connectivity index (χ0) is 19.8. The maximum absolute atomic E-state index is 12.9. The van der Waals surface area contributed by atoms with E-state index in [1.54, 1.807) is 31.7 Å². The predicted octanol–water partition coefficient (Wildman–Crippen LogP) is 8.41. The maximum Gasteiger partial charge on any atom is 0.159 e. The van der Waals surface area contributed by atoms with Crippen molar-refractivity contribution in [1.82, 2.24) is 0 Å². The summed E-state index contributed by atoms with van der Waals surface area (Å²) in [5, 5.41) is 0. The molecule has 2 fully saturated rings. The molecule has 2 aromatic rings. The third kappa shape index (κ3) is 5.90. The van der Waals surface area contributed by atoms with Gasteiger partial charge < -0.3 is 0 Å². The summed E-state index contributed by atoms with van der Waals surface area (Å²) in [4.78, 5) is 0. The van der Waals surface area contributed by atoms with Gasteiger partial charge in [0, 0.05) is 0 Å². The highest BCUT2D eigenvalue weighted by Crippen LogP contribution is 2.40. The Hall–Kier alpha value is -1.70. The van der Waals surface area contributed by atoms with Crippen molar-refractivity contribution in [3.8, 4) is 11.1 Å². The molecule has 0 aliphatic heterocycles. The van der Waals surface area contributed by atoms with E-state index in [1.807, 2.05) is 30.3 Å². The van der Waals surface area contributed by atoms with E-state index in [0.717, 1.165) is 29.4 Å². The molecule has 0 aromatic heterocycles.